The van der Waals surface area contributed by atoms with Gasteiger partial charge in [-0.2, -0.15) is 4.39 Å². The van der Waals surface area contributed by atoms with E-state index in [4.69, 9.17) is 5.73 Å². The number of amides is 1. The minimum absolute atomic E-state index is 0.0874. The largest absolute Gasteiger partial charge is 0.383 e. The van der Waals surface area contributed by atoms with Crippen LogP contribution in [0.5, 0.6) is 0 Å². The number of nitrogens with zero attached hydrogens (tertiary/aromatic N) is 2. The Kier molecular flexibility index (Phi) is 6.47. The summed E-state index contributed by atoms with van der Waals surface area (Å²) in [5.41, 5.74) is 11.1. The van der Waals surface area contributed by atoms with Crippen LogP contribution < -0.4 is 11.1 Å². The number of aromatic nitrogens is 1. The van der Waals surface area contributed by atoms with Crippen LogP contribution in [0.3, 0.4) is 0 Å². The minimum atomic E-state index is -2.33. The molecule has 1 saturated heterocycles. The molecule has 5 nitrogen and oxygen atoms in total. The number of rotatable bonds is 5. The van der Waals surface area contributed by atoms with Gasteiger partial charge in [0.1, 0.15) is 5.82 Å². The first-order chi connectivity index (χ1) is 16.9. The summed E-state index contributed by atoms with van der Waals surface area (Å²) in [5, 5.41) is 2.82. The van der Waals surface area contributed by atoms with E-state index in [1.54, 1.807) is 18.2 Å². The van der Waals surface area contributed by atoms with Crippen molar-refractivity contribution in [1.29, 1.82) is 0 Å². The third-order valence-corrected chi connectivity index (χ3v) is 6.94. The Morgan fingerprint density at radius 2 is 1.83 bits per heavy atom. The van der Waals surface area contributed by atoms with E-state index in [1.165, 1.54) is 0 Å². The Balaban J connectivity index is 1.42. The average Bonchev–Trinajstić information content (AvgIpc) is 2.84. The number of piperidine rings is 1. The van der Waals surface area contributed by atoms with Gasteiger partial charge in [0.2, 0.25) is 5.95 Å². The number of anilines is 1. The number of carbonyl (C=O) groups is 1. The van der Waals surface area contributed by atoms with E-state index >= 15 is 0 Å². The molecule has 1 aromatic heterocycles. The van der Waals surface area contributed by atoms with E-state index in [-0.39, 0.29) is 24.2 Å². The monoisotopic (exact) mass is 480 g/mol. The van der Waals surface area contributed by atoms with Crippen molar-refractivity contribution in [3.63, 3.8) is 0 Å². The molecule has 3 N–H and O–H groups in total. The number of hydrogen-bond acceptors (Lipinski definition) is 4. The molecule has 1 fully saturated rings. The van der Waals surface area contributed by atoms with Gasteiger partial charge in [0.25, 0.3) is 12.3 Å². The highest BCUT2D eigenvalue weighted by Crippen LogP contribution is 2.34. The van der Waals surface area contributed by atoms with E-state index in [1.807, 2.05) is 35.2 Å². The van der Waals surface area contributed by atoms with Gasteiger partial charge in [-0.05, 0) is 66.1 Å². The molecule has 5 rings (SSSR count). The topological polar surface area (TPSA) is 71.2 Å². The molecular weight excluding hydrogens is 453 g/mol. The first-order valence-electron chi connectivity index (χ1n) is 11.9. The number of hydrogen-bond donors (Lipinski definition) is 2. The quantitative estimate of drug-likeness (QED) is 0.512. The SMILES string of the molecule is Nc1nc(F)c(-c2ccc(C3CCCN(CC(F)F)C3)cc2)cc1-c1ccc2c(c1)CCNC2=O. The van der Waals surface area contributed by atoms with Crippen LogP contribution in [-0.4, -0.2) is 48.4 Å². The number of alkyl halides is 2. The molecule has 0 saturated carbocycles. The van der Waals surface area contributed by atoms with Crippen molar-refractivity contribution in [3.05, 3.63) is 71.2 Å². The van der Waals surface area contributed by atoms with E-state index in [0.29, 0.717) is 48.3 Å². The third-order valence-electron chi connectivity index (χ3n) is 6.94. The van der Waals surface area contributed by atoms with Gasteiger partial charge in [0, 0.05) is 29.8 Å². The van der Waals surface area contributed by atoms with Crippen LogP contribution in [0.1, 0.15) is 40.2 Å². The number of nitrogens with one attached hydrogen (secondary N) is 1. The maximum absolute atomic E-state index is 14.9. The Morgan fingerprint density at radius 3 is 2.60 bits per heavy atom. The zero-order valence-electron chi connectivity index (χ0n) is 19.2. The smallest absolute Gasteiger partial charge is 0.251 e. The number of nitrogens with two attached hydrogens (primary N) is 1. The van der Waals surface area contributed by atoms with Crippen molar-refractivity contribution >= 4 is 11.7 Å². The molecule has 1 atom stereocenters. The summed E-state index contributed by atoms with van der Waals surface area (Å²) < 4.78 is 40.5. The van der Waals surface area contributed by atoms with Gasteiger partial charge in [-0.1, -0.05) is 36.4 Å². The molecule has 8 heteroatoms. The van der Waals surface area contributed by atoms with Crippen LogP contribution in [0.15, 0.2) is 48.5 Å². The molecule has 0 spiro atoms. The summed E-state index contributed by atoms with van der Waals surface area (Å²) in [6, 6.07) is 14.8. The van der Waals surface area contributed by atoms with Crippen LogP contribution in [0.2, 0.25) is 0 Å². The van der Waals surface area contributed by atoms with Gasteiger partial charge in [-0.25, -0.2) is 13.8 Å². The highest BCUT2D eigenvalue weighted by atomic mass is 19.3. The number of fused-ring (bicyclic) bond motifs is 1. The first kappa shape index (κ1) is 23.4. The number of likely N-dealkylation sites (tertiary alicyclic amines) is 1. The molecule has 182 valence electrons. The fraction of sp³-hybridized carbons (Fsp3) is 0.333. The normalized spacial score (nSPS) is 18.4. The van der Waals surface area contributed by atoms with Crippen LogP contribution in [-0.2, 0) is 6.42 Å². The molecule has 3 heterocycles. The number of carbonyl (C=O) groups excluding carboxylic acids is 1. The highest BCUT2D eigenvalue weighted by Gasteiger charge is 2.24. The van der Waals surface area contributed by atoms with E-state index in [0.717, 1.165) is 29.5 Å². The summed E-state index contributed by atoms with van der Waals surface area (Å²) in [6.45, 7) is 1.66. The first-order valence-corrected chi connectivity index (χ1v) is 11.9. The summed E-state index contributed by atoms with van der Waals surface area (Å²) in [4.78, 5) is 17.8. The maximum atomic E-state index is 14.9. The zero-order valence-corrected chi connectivity index (χ0v) is 19.2. The molecule has 2 aromatic carbocycles. The van der Waals surface area contributed by atoms with Crippen molar-refractivity contribution in [3.8, 4) is 22.3 Å². The van der Waals surface area contributed by atoms with Gasteiger partial charge >= 0.3 is 0 Å². The van der Waals surface area contributed by atoms with Gasteiger partial charge < -0.3 is 11.1 Å². The fourth-order valence-corrected chi connectivity index (χ4v) is 5.16. The number of pyridine rings is 1. The molecule has 2 aliphatic rings. The predicted octanol–water partition coefficient (Wildman–Crippen LogP) is 4.87. The molecule has 3 aromatic rings. The molecule has 2 aliphatic heterocycles. The fourth-order valence-electron chi connectivity index (χ4n) is 5.16. The number of halogens is 3. The van der Waals surface area contributed by atoms with Crippen molar-refractivity contribution < 1.29 is 18.0 Å². The minimum Gasteiger partial charge on any atom is -0.383 e. The Morgan fingerprint density at radius 1 is 1.06 bits per heavy atom. The molecule has 0 bridgehead atoms. The predicted molar refractivity (Wildman–Crippen MR) is 130 cm³/mol. The number of nitrogen functional groups attached to an aromatic ring is 1. The van der Waals surface area contributed by atoms with Crippen molar-refractivity contribution in [2.75, 3.05) is 31.9 Å². The van der Waals surface area contributed by atoms with Crippen molar-refractivity contribution in [2.24, 2.45) is 0 Å². The molecule has 1 unspecified atom stereocenters. The Bertz CT molecular complexity index is 1250. The van der Waals surface area contributed by atoms with Crippen LogP contribution >= 0.6 is 0 Å². The maximum Gasteiger partial charge on any atom is 0.251 e. The van der Waals surface area contributed by atoms with Gasteiger partial charge in [0.15, 0.2) is 0 Å². The second-order valence-electron chi connectivity index (χ2n) is 9.25. The summed E-state index contributed by atoms with van der Waals surface area (Å²) in [6.07, 6.45) is 0.200. The summed E-state index contributed by atoms with van der Waals surface area (Å²) >= 11 is 0. The second kappa shape index (κ2) is 9.70. The van der Waals surface area contributed by atoms with Gasteiger partial charge in [0.05, 0.1) is 6.54 Å². The third kappa shape index (κ3) is 4.89. The van der Waals surface area contributed by atoms with Crippen LogP contribution in [0.25, 0.3) is 22.3 Å². The van der Waals surface area contributed by atoms with E-state index < -0.39 is 12.4 Å². The molecule has 1 amide bonds. The van der Waals surface area contributed by atoms with E-state index in [9.17, 15) is 18.0 Å². The highest BCUT2D eigenvalue weighted by molar-refractivity contribution is 5.97. The lowest BCUT2D eigenvalue weighted by Gasteiger charge is -2.32. The average molecular weight is 481 g/mol. The lowest BCUT2D eigenvalue weighted by atomic mass is 9.89. The van der Waals surface area contributed by atoms with E-state index in [2.05, 4.69) is 10.3 Å². The summed E-state index contributed by atoms with van der Waals surface area (Å²) in [5.74, 6) is -0.491. The molecule has 0 radical (unpaired) electrons. The Labute approximate surface area is 202 Å². The molecular formula is C27H27F3N4O. The summed E-state index contributed by atoms with van der Waals surface area (Å²) in [7, 11) is 0. The van der Waals surface area contributed by atoms with Gasteiger partial charge in [-0.15, -0.1) is 0 Å². The molecule has 0 aliphatic carbocycles. The Hall–Kier alpha value is -3.39. The van der Waals surface area contributed by atoms with Crippen molar-refractivity contribution in [2.45, 2.75) is 31.6 Å². The second-order valence-corrected chi connectivity index (χ2v) is 9.25. The lowest BCUT2D eigenvalue weighted by molar-refractivity contribution is 0.0739. The molecule has 35 heavy (non-hydrogen) atoms. The van der Waals surface area contributed by atoms with Crippen LogP contribution in [0, 0.1) is 5.95 Å². The standard InChI is InChI=1S/C27H27F3N4O/c28-24(29)15-34-11-1-2-20(14-34)16-3-5-17(6-4-16)22-13-23(26(31)33-25(22)30)18-7-8-21-19(12-18)9-10-32-27(21)35/h3-8,12-13,20,24H,1-2,9-11,14-15H2,(H2,31,33)(H,32,35). The lowest BCUT2D eigenvalue weighted by Crippen LogP contribution is -2.37. The van der Waals surface area contributed by atoms with Crippen LogP contribution in [0.4, 0.5) is 19.0 Å². The van der Waals surface area contributed by atoms with Gasteiger partial charge in [-0.3, -0.25) is 9.69 Å². The van der Waals surface area contributed by atoms with Crippen molar-refractivity contribution in [1.82, 2.24) is 15.2 Å². The number of benzene rings is 2. The zero-order chi connectivity index (χ0) is 24.5.